The Balaban J connectivity index is 2.02. The van der Waals surface area contributed by atoms with E-state index >= 15 is 0 Å². The standard InChI is InChI=1S/C19H25N5O3S/c1-12(2)15-11-21-24-17(15)22-19(28(5,25)26)23-18(24)20-10-14-8-6-7-9-16(14)27-13(3)4/h6-9,11-13H,10H2,1-5H3,(H,20,22,23). The van der Waals surface area contributed by atoms with Gasteiger partial charge in [-0.1, -0.05) is 32.0 Å². The van der Waals surface area contributed by atoms with Gasteiger partial charge in [0.05, 0.1) is 12.3 Å². The molecule has 3 aromatic rings. The van der Waals surface area contributed by atoms with Crippen LogP contribution in [0, 0.1) is 0 Å². The minimum absolute atomic E-state index is 0.0449. The first-order valence-electron chi connectivity index (χ1n) is 9.11. The second-order valence-corrected chi connectivity index (χ2v) is 9.13. The molecular weight excluding hydrogens is 378 g/mol. The lowest BCUT2D eigenvalue weighted by atomic mass is 10.1. The Hall–Kier alpha value is -2.68. The average Bonchev–Trinajstić information content (AvgIpc) is 3.04. The van der Waals surface area contributed by atoms with Crippen molar-refractivity contribution < 1.29 is 13.2 Å². The lowest BCUT2D eigenvalue weighted by Crippen LogP contribution is -2.14. The fraction of sp³-hybridized carbons (Fsp3) is 0.421. The third kappa shape index (κ3) is 4.24. The number of ether oxygens (including phenoxy) is 1. The van der Waals surface area contributed by atoms with Gasteiger partial charge in [-0.2, -0.15) is 19.6 Å². The van der Waals surface area contributed by atoms with Crippen molar-refractivity contribution >= 4 is 21.4 Å². The van der Waals surface area contributed by atoms with Gasteiger partial charge in [0.15, 0.2) is 5.65 Å². The largest absolute Gasteiger partial charge is 0.491 e. The van der Waals surface area contributed by atoms with Crippen molar-refractivity contribution in [2.75, 3.05) is 11.6 Å². The molecule has 0 fully saturated rings. The number of hydrogen-bond acceptors (Lipinski definition) is 7. The van der Waals surface area contributed by atoms with Crippen LogP contribution in [-0.4, -0.2) is 40.4 Å². The molecule has 0 amide bonds. The maximum atomic E-state index is 12.1. The van der Waals surface area contributed by atoms with Gasteiger partial charge in [0.25, 0.3) is 5.16 Å². The van der Waals surface area contributed by atoms with Gasteiger partial charge in [0.1, 0.15) is 5.75 Å². The number of benzene rings is 1. The van der Waals surface area contributed by atoms with E-state index in [0.29, 0.717) is 18.1 Å². The molecule has 2 aromatic heterocycles. The summed E-state index contributed by atoms with van der Waals surface area (Å²) >= 11 is 0. The molecule has 0 atom stereocenters. The van der Waals surface area contributed by atoms with E-state index in [0.717, 1.165) is 23.1 Å². The number of nitrogens with zero attached hydrogens (tertiary/aromatic N) is 4. The van der Waals surface area contributed by atoms with Crippen LogP contribution in [0.5, 0.6) is 5.75 Å². The van der Waals surface area contributed by atoms with Crippen molar-refractivity contribution in [3.8, 4) is 5.75 Å². The fourth-order valence-corrected chi connectivity index (χ4v) is 3.26. The third-order valence-corrected chi connectivity index (χ3v) is 4.95. The summed E-state index contributed by atoms with van der Waals surface area (Å²) in [5.74, 6) is 1.23. The average molecular weight is 404 g/mol. The molecule has 150 valence electrons. The molecule has 1 N–H and O–H groups in total. The Morgan fingerprint density at radius 3 is 2.50 bits per heavy atom. The van der Waals surface area contributed by atoms with Gasteiger partial charge in [0, 0.05) is 23.9 Å². The molecule has 28 heavy (non-hydrogen) atoms. The fourth-order valence-electron chi connectivity index (χ4n) is 2.76. The molecular formula is C19H25N5O3S. The highest BCUT2D eigenvalue weighted by Crippen LogP contribution is 2.24. The lowest BCUT2D eigenvalue weighted by molar-refractivity contribution is 0.240. The molecule has 0 aliphatic rings. The van der Waals surface area contributed by atoms with E-state index in [2.05, 4.69) is 20.4 Å². The zero-order valence-corrected chi connectivity index (χ0v) is 17.5. The molecule has 2 heterocycles. The molecule has 0 aliphatic carbocycles. The van der Waals surface area contributed by atoms with Crippen LogP contribution in [-0.2, 0) is 16.4 Å². The summed E-state index contributed by atoms with van der Waals surface area (Å²) in [4.78, 5) is 8.44. The molecule has 8 nitrogen and oxygen atoms in total. The van der Waals surface area contributed by atoms with E-state index in [-0.39, 0.29) is 17.2 Å². The molecule has 9 heteroatoms. The first-order chi connectivity index (χ1) is 13.2. The Morgan fingerprint density at radius 2 is 1.86 bits per heavy atom. The molecule has 0 bridgehead atoms. The minimum atomic E-state index is -3.57. The van der Waals surface area contributed by atoms with Crippen LogP contribution in [0.3, 0.4) is 0 Å². The maximum Gasteiger partial charge on any atom is 0.252 e. The van der Waals surface area contributed by atoms with Crippen LogP contribution in [0.4, 0.5) is 5.95 Å². The number of sulfone groups is 1. The SMILES string of the molecule is CC(C)Oc1ccccc1CNc1nc(S(C)(=O)=O)nc2c(C(C)C)cnn12. The number of hydrogen-bond donors (Lipinski definition) is 1. The second-order valence-electron chi connectivity index (χ2n) is 7.22. The molecule has 1 aromatic carbocycles. The summed E-state index contributed by atoms with van der Waals surface area (Å²) in [6, 6.07) is 7.68. The van der Waals surface area contributed by atoms with Gasteiger partial charge in [-0.25, -0.2) is 8.42 Å². The van der Waals surface area contributed by atoms with Gasteiger partial charge >= 0.3 is 0 Å². The monoisotopic (exact) mass is 403 g/mol. The van der Waals surface area contributed by atoms with Crippen molar-refractivity contribution in [2.45, 2.75) is 51.4 Å². The first kappa shape index (κ1) is 20.1. The quantitative estimate of drug-likeness (QED) is 0.647. The number of rotatable bonds is 7. The highest BCUT2D eigenvalue weighted by Gasteiger charge is 2.20. The van der Waals surface area contributed by atoms with Crippen molar-refractivity contribution in [1.29, 1.82) is 0 Å². The third-order valence-electron chi connectivity index (χ3n) is 4.10. The highest BCUT2D eigenvalue weighted by atomic mass is 32.2. The van der Waals surface area contributed by atoms with E-state index in [1.54, 1.807) is 6.20 Å². The summed E-state index contributed by atoms with van der Waals surface area (Å²) in [6.07, 6.45) is 2.84. The van der Waals surface area contributed by atoms with E-state index < -0.39 is 9.84 Å². The zero-order valence-electron chi connectivity index (χ0n) is 16.7. The van der Waals surface area contributed by atoms with E-state index in [1.165, 1.54) is 4.52 Å². The van der Waals surface area contributed by atoms with Crippen LogP contribution < -0.4 is 10.1 Å². The minimum Gasteiger partial charge on any atom is -0.491 e. The van der Waals surface area contributed by atoms with Gasteiger partial charge in [-0.3, -0.25) is 0 Å². The molecule has 0 aliphatic heterocycles. The molecule has 3 rings (SSSR count). The Labute approximate surface area is 164 Å². The van der Waals surface area contributed by atoms with Crippen LogP contribution in [0.25, 0.3) is 5.65 Å². The molecule has 0 saturated heterocycles. The summed E-state index contributed by atoms with van der Waals surface area (Å²) in [5, 5.41) is 7.31. The van der Waals surface area contributed by atoms with Gasteiger partial charge in [0.2, 0.25) is 15.8 Å². The molecule has 0 unspecified atom stereocenters. The van der Waals surface area contributed by atoms with E-state index in [4.69, 9.17) is 4.74 Å². The number of nitrogens with one attached hydrogen (secondary N) is 1. The molecule has 0 radical (unpaired) electrons. The predicted octanol–water partition coefficient (Wildman–Crippen LogP) is 3.05. The lowest BCUT2D eigenvalue weighted by Gasteiger charge is -2.15. The summed E-state index contributed by atoms with van der Waals surface area (Å²) in [5.41, 5.74) is 2.28. The first-order valence-corrected chi connectivity index (χ1v) is 11.0. The van der Waals surface area contributed by atoms with Gasteiger partial charge in [-0.15, -0.1) is 0 Å². The highest BCUT2D eigenvalue weighted by molar-refractivity contribution is 7.90. The van der Waals surface area contributed by atoms with Gasteiger partial charge in [-0.05, 0) is 25.8 Å². The number of fused-ring (bicyclic) bond motifs is 1. The van der Waals surface area contributed by atoms with Crippen LogP contribution in [0.1, 0.15) is 44.7 Å². The summed E-state index contributed by atoms with van der Waals surface area (Å²) in [7, 11) is -3.57. The Kier molecular flexibility index (Phi) is 5.55. The Bertz CT molecular complexity index is 1090. The van der Waals surface area contributed by atoms with Crippen molar-refractivity contribution in [3.05, 3.63) is 41.6 Å². The number of anilines is 1. The van der Waals surface area contributed by atoms with E-state index in [9.17, 15) is 8.42 Å². The van der Waals surface area contributed by atoms with E-state index in [1.807, 2.05) is 52.0 Å². The van der Waals surface area contributed by atoms with Crippen molar-refractivity contribution in [1.82, 2.24) is 19.6 Å². The molecule has 0 spiro atoms. The van der Waals surface area contributed by atoms with Crippen molar-refractivity contribution in [3.63, 3.8) is 0 Å². The normalized spacial score (nSPS) is 12.1. The molecule has 0 saturated carbocycles. The maximum absolute atomic E-state index is 12.1. The summed E-state index contributed by atoms with van der Waals surface area (Å²) < 4.78 is 31.5. The second kappa shape index (κ2) is 7.75. The number of aromatic nitrogens is 4. The van der Waals surface area contributed by atoms with Crippen LogP contribution >= 0.6 is 0 Å². The van der Waals surface area contributed by atoms with Gasteiger partial charge < -0.3 is 10.1 Å². The topological polar surface area (TPSA) is 98.5 Å². The number of para-hydroxylation sites is 1. The van der Waals surface area contributed by atoms with Crippen LogP contribution in [0.15, 0.2) is 35.6 Å². The van der Waals surface area contributed by atoms with Crippen molar-refractivity contribution in [2.24, 2.45) is 0 Å². The smallest absolute Gasteiger partial charge is 0.252 e. The summed E-state index contributed by atoms with van der Waals surface area (Å²) in [6.45, 7) is 8.34. The van der Waals surface area contributed by atoms with Crippen LogP contribution in [0.2, 0.25) is 0 Å². The predicted molar refractivity (Wildman–Crippen MR) is 108 cm³/mol. The Morgan fingerprint density at radius 1 is 1.14 bits per heavy atom. The zero-order chi connectivity index (χ0) is 20.5.